The third-order valence-electron chi connectivity index (χ3n) is 1.73. The molecular weight excluding hydrogens is 180 g/mol. The number of nitrogens with one attached hydrogen (secondary N) is 1. The van der Waals surface area contributed by atoms with Crippen molar-refractivity contribution < 1.29 is 4.79 Å². The molecule has 0 radical (unpaired) electrons. The largest absolute Gasteiger partial charge is 0.273 e. The predicted molar refractivity (Wildman–Crippen MR) is 54.5 cm³/mol. The summed E-state index contributed by atoms with van der Waals surface area (Å²) >= 11 is 0. The molecule has 0 aliphatic rings. The zero-order valence-corrected chi connectivity index (χ0v) is 8.57. The van der Waals surface area contributed by atoms with E-state index < -0.39 is 5.41 Å². The molecule has 1 aromatic heterocycles. The molecule has 0 bridgehead atoms. The average molecular weight is 194 g/mol. The minimum atomic E-state index is -0.505. The van der Waals surface area contributed by atoms with Crippen molar-refractivity contribution in [3.05, 3.63) is 34.7 Å². The van der Waals surface area contributed by atoms with Crippen molar-refractivity contribution in [2.75, 3.05) is 5.43 Å². The van der Waals surface area contributed by atoms with Crippen LogP contribution in [0.25, 0.3) is 0 Å². The first-order valence-electron chi connectivity index (χ1n) is 4.40. The van der Waals surface area contributed by atoms with Crippen LogP contribution in [0, 0.1) is 5.41 Å². The number of hydrogen-bond donors (Lipinski definition) is 1. The Bertz CT molecular complexity index is 388. The molecule has 14 heavy (non-hydrogen) atoms. The smallest absolute Gasteiger partial charge is 0.269 e. The van der Waals surface area contributed by atoms with Crippen molar-refractivity contribution in [1.29, 1.82) is 0 Å². The summed E-state index contributed by atoms with van der Waals surface area (Å²) in [6.45, 7) is 5.36. The van der Waals surface area contributed by atoms with Gasteiger partial charge in [0.25, 0.3) is 5.56 Å². The minimum absolute atomic E-state index is 0.189. The molecule has 0 spiro atoms. The van der Waals surface area contributed by atoms with Crippen LogP contribution >= 0.6 is 0 Å². The highest BCUT2D eigenvalue weighted by atomic mass is 16.2. The molecule has 1 aromatic rings. The zero-order valence-electron chi connectivity index (χ0n) is 8.57. The highest BCUT2D eigenvalue weighted by molar-refractivity contribution is 5.88. The summed E-state index contributed by atoms with van der Waals surface area (Å²) in [5.74, 6) is -0.189. The van der Waals surface area contributed by atoms with Crippen LogP contribution in [0.4, 0.5) is 0 Å². The number of aromatic nitrogens is 1. The molecule has 4 heteroatoms. The van der Waals surface area contributed by atoms with Gasteiger partial charge in [0.05, 0.1) is 0 Å². The van der Waals surface area contributed by atoms with E-state index in [9.17, 15) is 9.59 Å². The quantitative estimate of drug-likeness (QED) is 0.724. The Labute approximate surface area is 82.5 Å². The Morgan fingerprint density at radius 3 is 2.50 bits per heavy atom. The summed E-state index contributed by atoms with van der Waals surface area (Å²) in [4.78, 5) is 22.7. The number of carbonyl (C=O) groups excluding carboxylic acids is 1. The lowest BCUT2D eigenvalue weighted by molar-refractivity contribution is -0.124. The molecule has 1 amide bonds. The van der Waals surface area contributed by atoms with Gasteiger partial charge in [0, 0.05) is 17.7 Å². The van der Waals surface area contributed by atoms with Gasteiger partial charge in [-0.25, -0.2) is 4.68 Å². The molecule has 0 saturated carbocycles. The van der Waals surface area contributed by atoms with Crippen LogP contribution in [-0.2, 0) is 4.79 Å². The highest BCUT2D eigenvalue weighted by Gasteiger charge is 2.21. The molecule has 1 heterocycles. The lowest BCUT2D eigenvalue weighted by atomic mass is 9.96. The van der Waals surface area contributed by atoms with Crippen molar-refractivity contribution in [1.82, 2.24) is 4.68 Å². The van der Waals surface area contributed by atoms with Crippen molar-refractivity contribution in [2.45, 2.75) is 20.8 Å². The Morgan fingerprint density at radius 1 is 1.36 bits per heavy atom. The van der Waals surface area contributed by atoms with E-state index in [0.29, 0.717) is 0 Å². The van der Waals surface area contributed by atoms with Crippen LogP contribution in [0.2, 0.25) is 0 Å². The number of pyridine rings is 1. The Hall–Kier alpha value is -1.58. The summed E-state index contributed by atoms with van der Waals surface area (Å²) in [5.41, 5.74) is 1.77. The summed E-state index contributed by atoms with van der Waals surface area (Å²) < 4.78 is 1.17. The third kappa shape index (κ3) is 2.45. The molecular formula is C10H14N2O2. The Balaban J connectivity index is 2.86. The lowest BCUT2D eigenvalue weighted by Crippen LogP contribution is -2.38. The number of amides is 1. The van der Waals surface area contributed by atoms with Gasteiger partial charge in [0.2, 0.25) is 5.91 Å². The predicted octanol–water partition coefficient (Wildman–Crippen LogP) is 0.964. The first kappa shape index (κ1) is 10.5. The van der Waals surface area contributed by atoms with Crippen molar-refractivity contribution in [3.63, 3.8) is 0 Å². The van der Waals surface area contributed by atoms with E-state index in [1.165, 1.54) is 16.9 Å². The molecule has 1 rings (SSSR count). The molecule has 1 N–H and O–H groups in total. The second-order valence-electron chi connectivity index (χ2n) is 4.10. The summed E-state index contributed by atoms with van der Waals surface area (Å²) in [7, 11) is 0. The Morgan fingerprint density at radius 2 is 2.00 bits per heavy atom. The first-order chi connectivity index (χ1) is 6.41. The van der Waals surface area contributed by atoms with Gasteiger partial charge in [-0.2, -0.15) is 0 Å². The maximum atomic E-state index is 11.5. The SMILES string of the molecule is CC(C)(C)C(=O)Nn1ccccc1=O. The van der Waals surface area contributed by atoms with Gasteiger partial charge in [-0.05, 0) is 6.07 Å². The van der Waals surface area contributed by atoms with E-state index in [4.69, 9.17) is 0 Å². The normalized spacial score (nSPS) is 11.1. The van der Waals surface area contributed by atoms with Gasteiger partial charge in [-0.15, -0.1) is 0 Å². The molecule has 0 atom stereocenters. The van der Waals surface area contributed by atoms with Crippen molar-refractivity contribution in [3.8, 4) is 0 Å². The van der Waals surface area contributed by atoms with Crippen molar-refractivity contribution >= 4 is 5.91 Å². The van der Waals surface area contributed by atoms with Crippen LogP contribution in [0.3, 0.4) is 0 Å². The number of carbonyl (C=O) groups is 1. The summed E-state index contributed by atoms with van der Waals surface area (Å²) in [6.07, 6.45) is 1.52. The van der Waals surface area contributed by atoms with E-state index in [1.54, 1.807) is 32.9 Å². The summed E-state index contributed by atoms with van der Waals surface area (Å²) in [6, 6.07) is 4.70. The van der Waals surface area contributed by atoms with E-state index in [2.05, 4.69) is 5.43 Å². The Kier molecular flexibility index (Phi) is 2.74. The average Bonchev–Trinajstić information content (AvgIpc) is 2.07. The maximum absolute atomic E-state index is 11.5. The maximum Gasteiger partial charge on any atom is 0.269 e. The molecule has 0 saturated heterocycles. The molecule has 0 fully saturated rings. The molecule has 4 nitrogen and oxygen atoms in total. The lowest BCUT2D eigenvalue weighted by Gasteiger charge is -2.18. The van der Waals surface area contributed by atoms with E-state index in [1.807, 2.05) is 0 Å². The monoisotopic (exact) mass is 194 g/mol. The standard InChI is InChI=1S/C10H14N2O2/c1-10(2,3)9(14)11-12-7-5-4-6-8(12)13/h4-7H,1-3H3,(H,11,14). The van der Waals surface area contributed by atoms with Crippen LogP contribution in [0.15, 0.2) is 29.2 Å². The number of nitrogens with zero attached hydrogens (tertiary/aromatic N) is 1. The van der Waals surface area contributed by atoms with Gasteiger partial charge >= 0.3 is 0 Å². The summed E-state index contributed by atoms with van der Waals surface area (Å²) in [5, 5.41) is 0. The van der Waals surface area contributed by atoms with Crippen LogP contribution in [0.5, 0.6) is 0 Å². The fourth-order valence-corrected chi connectivity index (χ4v) is 0.797. The number of hydrogen-bond acceptors (Lipinski definition) is 2. The van der Waals surface area contributed by atoms with Gasteiger partial charge in [0.1, 0.15) is 0 Å². The van der Waals surface area contributed by atoms with Gasteiger partial charge in [-0.1, -0.05) is 26.8 Å². The molecule has 0 aliphatic heterocycles. The molecule has 0 unspecified atom stereocenters. The van der Waals surface area contributed by atoms with Gasteiger partial charge < -0.3 is 0 Å². The van der Waals surface area contributed by atoms with Gasteiger partial charge in [-0.3, -0.25) is 15.0 Å². The van der Waals surface area contributed by atoms with Crippen LogP contribution < -0.4 is 11.0 Å². The second kappa shape index (κ2) is 3.65. The van der Waals surface area contributed by atoms with E-state index in [-0.39, 0.29) is 11.5 Å². The van der Waals surface area contributed by atoms with Gasteiger partial charge in [0.15, 0.2) is 0 Å². The fourth-order valence-electron chi connectivity index (χ4n) is 0.797. The molecule has 0 aliphatic carbocycles. The molecule has 0 aromatic carbocycles. The van der Waals surface area contributed by atoms with Crippen LogP contribution in [-0.4, -0.2) is 10.6 Å². The topological polar surface area (TPSA) is 51.1 Å². The van der Waals surface area contributed by atoms with E-state index >= 15 is 0 Å². The first-order valence-corrected chi connectivity index (χ1v) is 4.40. The third-order valence-corrected chi connectivity index (χ3v) is 1.73. The second-order valence-corrected chi connectivity index (χ2v) is 4.10. The highest BCUT2D eigenvalue weighted by Crippen LogP contribution is 2.12. The fraction of sp³-hybridized carbons (Fsp3) is 0.400. The van der Waals surface area contributed by atoms with Crippen LogP contribution in [0.1, 0.15) is 20.8 Å². The molecule has 76 valence electrons. The zero-order chi connectivity index (χ0) is 10.8. The minimum Gasteiger partial charge on any atom is -0.273 e. The van der Waals surface area contributed by atoms with Crippen molar-refractivity contribution in [2.24, 2.45) is 5.41 Å². The van der Waals surface area contributed by atoms with E-state index in [0.717, 1.165) is 0 Å². The number of rotatable bonds is 1.